The Hall–Kier alpha value is -1.83. The Bertz CT molecular complexity index is 503. The van der Waals surface area contributed by atoms with Crippen LogP contribution < -0.4 is 5.32 Å². The largest absolute Gasteiger partial charge is 0.478 e. The molecule has 19 heavy (non-hydrogen) atoms. The summed E-state index contributed by atoms with van der Waals surface area (Å²) in [5.74, 6) is -0.540. The van der Waals surface area contributed by atoms with Crippen molar-refractivity contribution in [1.29, 1.82) is 0 Å². The Morgan fingerprint density at radius 3 is 3.05 bits per heavy atom. The number of anilines is 1. The molecule has 8 heteroatoms. The zero-order chi connectivity index (χ0) is 13.8. The number of hydrogen-bond acceptors (Lipinski definition) is 6. The second-order valence-electron chi connectivity index (χ2n) is 4.17. The maximum atomic E-state index is 11.1. The standard InChI is InChI=1S/C11H13N3O4S/c15-11(16)8-4-10(14(17)18)13-6-9(8)12-5-7-2-1-3-19-7/h4,6-7,12H,1-3,5H2,(H,15,16). The zero-order valence-electron chi connectivity index (χ0n) is 10.0. The normalized spacial score (nSPS) is 18.2. The Balaban J connectivity index is 2.14. The number of aromatic nitrogens is 1. The maximum absolute atomic E-state index is 11.1. The van der Waals surface area contributed by atoms with E-state index in [1.165, 1.54) is 12.6 Å². The molecule has 2 heterocycles. The van der Waals surface area contributed by atoms with Crippen molar-refractivity contribution in [2.45, 2.75) is 18.1 Å². The first-order valence-electron chi connectivity index (χ1n) is 5.81. The Morgan fingerprint density at radius 1 is 1.68 bits per heavy atom. The van der Waals surface area contributed by atoms with Gasteiger partial charge in [-0.15, -0.1) is 0 Å². The summed E-state index contributed by atoms with van der Waals surface area (Å²) in [6.45, 7) is 0.643. The highest BCUT2D eigenvalue weighted by molar-refractivity contribution is 8.00. The number of aromatic carboxylic acids is 1. The summed E-state index contributed by atoms with van der Waals surface area (Å²) in [6.07, 6.45) is 3.48. The van der Waals surface area contributed by atoms with E-state index in [9.17, 15) is 14.9 Å². The molecule has 1 aromatic heterocycles. The van der Waals surface area contributed by atoms with E-state index in [1.807, 2.05) is 11.8 Å². The van der Waals surface area contributed by atoms with E-state index < -0.39 is 16.7 Å². The molecule has 0 spiro atoms. The number of nitrogens with zero attached hydrogens (tertiary/aromatic N) is 2. The van der Waals surface area contributed by atoms with Gasteiger partial charge in [0.2, 0.25) is 0 Å². The summed E-state index contributed by atoms with van der Waals surface area (Å²) >= 11 is 1.85. The number of nitrogens with one attached hydrogen (secondary N) is 1. The summed E-state index contributed by atoms with van der Waals surface area (Å²) < 4.78 is 0. The van der Waals surface area contributed by atoms with Crippen LogP contribution in [0.3, 0.4) is 0 Å². The molecular weight excluding hydrogens is 270 g/mol. The van der Waals surface area contributed by atoms with Gasteiger partial charge in [-0.25, -0.2) is 4.79 Å². The van der Waals surface area contributed by atoms with Crippen molar-refractivity contribution in [3.05, 3.63) is 27.9 Å². The van der Waals surface area contributed by atoms with Crippen LogP contribution in [0.15, 0.2) is 12.3 Å². The van der Waals surface area contributed by atoms with Crippen LogP contribution in [0, 0.1) is 10.1 Å². The summed E-state index contributed by atoms with van der Waals surface area (Å²) in [5.41, 5.74) is 0.204. The van der Waals surface area contributed by atoms with Gasteiger partial charge < -0.3 is 20.5 Å². The highest BCUT2D eigenvalue weighted by atomic mass is 32.2. The number of nitro groups is 1. The second-order valence-corrected chi connectivity index (χ2v) is 5.57. The number of thioether (sulfide) groups is 1. The molecule has 2 N–H and O–H groups in total. The van der Waals surface area contributed by atoms with Gasteiger partial charge in [-0.05, 0) is 28.5 Å². The van der Waals surface area contributed by atoms with E-state index in [0.29, 0.717) is 17.5 Å². The molecule has 7 nitrogen and oxygen atoms in total. The van der Waals surface area contributed by atoms with Crippen LogP contribution in [0.5, 0.6) is 0 Å². The van der Waals surface area contributed by atoms with Gasteiger partial charge in [0, 0.05) is 11.8 Å². The number of hydrogen-bond donors (Lipinski definition) is 2. The molecule has 1 aliphatic heterocycles. The predicted octanol–water partition coefficient (Wildman–Crippen LogP) is 2.00. The molecule has 0 bridgehead atoms. The third kappa shape index (κ3) is 3.34. The van der Waals surface area contributed by atoms with Crippen LogP contribution in [0.2, 0.25) is 0 Å². The Kier molecular flexibility index (Phi) is 4.20. The van der Waals surface area contributed by atoms with Crippen LogP contribution >= 0.6 is 11.8 Å². The van der Waals surface area contributed by atoms with Gasteiger partial charge >= 0.3 is 11.8 Å². The quantitative estimate of drug-likeness (QED) is 0.628. The van der Waals surface area contributed by atoms with Crippen molar-refractivity contribution >= 4 is 29.2 Å². The van der Waals surface area contributed by atoms with E-state index in [2.05, 4.69) is 10.3 Å². The van der Waals surface area contributed by atoms with Crippen molar-refractivity contribution in [3.63, 3.8) is 0 Å². The van der Waals surface area contributed by atoms with Crippen LogP contribution in [-0.4, -0.2) is 38.5 Å². The minimum atomic E-state index is -1.20. The van der Waals surface area contributed by atoms with Gasteiger partial charge in [0.15, 0.2) is 6.20 Å². The van der Waals surface area contributed by atoms with Crippen molar-refractivity contribution in [2.24, 2.45) is 0 Å². The highest BCUT2D eigenvalue weighted by Gasteiger charge is 2.20. The van der Waals surface area contributed by atoms with Crippen LogP contribution in [0.1, 0.15) is 23.2 Å². The van der Waals surface area contributed by atoms with Crippen LogP contribution in [-0.2, 0) is 0 Å². The molecule has 1 aromatic rings. The first kappa shape index (κ1) is 13.6. The number of carbonyl (C=O) groups is 1. The minimum absolute atomic E-state index is 0.121. The molecule has 0 saturated carbocycles. The SMILES string of the molecule is O=C(O)c1cc([N+](=O)[O-])ncc1NCC1CCCS1. The first-order chi connectivity index (χ1) is 9.08. The average Bonchev–Trinajstić information content (AvgIpc) is 2.89. The summed E-state index contributed by atoms with van der Waals surface area (Å²) in [7, 11) is 0. The van der Waals surface area contributed by atoms with Crippen molar-refractivity contribution in [3.8, 4) is 0 Å². The topological polar surface area (TPSA) is 105 Å². The van der Waals surface area contributed by atoms with Crippen molar-refractivity contribution in [2.75, 3.05) is 17.6 Å². The van der Waals surface area contributed by atoms with Gasteiger partial charge in [-0.3, -0.25) is 0 Å². The van der Waals surface area contributed by atoms with E-state index in [4.69, 9.17) is 5.11 Å². The summed E-state index contributed by atoms with van der Waals surface area (Å²) in [4.78, 5) is 24.6. The number of carboxylic acid groups (broad SMARTS) is 1. The fraction of sp³-hybridized carbons (Fsp3) is 0.455. The minimum Gasteiger partial charge on any atom is -0.478 e. The fourth-order valence-corrected chi connectivity index (χ4v) is 3.09. The molecular formula is C11H13N3O4S. The number of rotatable bonds is 5. The third-order valence-electron chi connectivity index (χ3n) is 2.85. The molecule has 1 unspecified atom stereocenters. The smallest absolute Gasteiger partial charge is 0.364 e. The van der Waals surface area contributed by atoms with Crippen molar-refractivity contribution < 1.29 is 14.8 Å². The zero-order valence-corrected chi connectivity index (χ0v) is 10.9. The lowest BCUT2D eigenvalue weighted by Crippen LogP contribution is -2.16. The Labute approximate surface area is 113 Å². The third-order valence-corrected chi connectivity index (χ3v) is 4.25. The molecule has 0 radical (unpaired) electrons. The van der Waals surface area contributed by atoms with Gasteiger partial charge in [-0.1, -0.05) is 0 Å². The second kappa shape index (κ2) is 5.87. The maximum Gasteiger partial charge on any atom is 0.364 e. The molecule has 102 valence electrons. The molecule has 1 atom stereocenters. The van der Waals surface area contributed by atoms with Gasteiger partial charge in [0.1, 0.15) is 0 Å². The van der Waals surface area contributed by atoms with Crippen LogP contribution in [0.25, 0.3) is 0 Å². The lowest BCUT2D eigenvalue weighted by Gasteiger charge is -2.11. The van der Waals surface area contributed by atoms with E-state index in [0.717, 1.165) is 18.2 Å². The van der Waals surface area contributed by atoms with E-state index >= 15 is 0 Å². The lowest BCUT2D eigenvalue weighted by molar-refractivity contribution is -0.389. The van der Waals surface area contributed by atoms with Gasteiger partial charge in [-0.2, -0.15) is 11.8 Å². The molecule has 0 amide bonds. The summed E-state index contributed by atoms with van der Waals surface area (Å²) in [6, 6.07) is 0.979. The molecule has 2 rings (SSSR count). The monoisotopic (exact) mass is 283 g/mol. The number of pyridine rings is 1. The van der Waals surface area contributed by atoms with Crippen LogP contribution in [0.4, 0.5) is 11.5 Å². The van der Waals surface area contributed by atoms with Crippen molar-refractivity contribution in [1.82, 2.24) is 4.98 Å². The lowest BCUT2D eigenvalue weighted by atomic mass is 10.2. The van der Waals surface area contributed by atoms with E-state index in [-0.39, 0.29) is 5.56 Å². The molecule has 1 saturated heterocycles. The van der Waals surface area contributed by atoms with Gasteiger partial charge in [0.05, 0.1) is 17.3 Å². The Morgan fingerprint density at radius 2 is 2.47 bits per heavy atom. The molecule has 0 aromatic carbocycles. The molecule has 1 aliphatic rings. The predicted molar refractivity (Wildman–Crippen MR) is 71.8 cm³/mol. The molecule has 0 aliphatic carbocycles. The summed E-state index contributed by atoms with van der Waals surface area (Å²) in [5, 5.41) is 23.1. The first-order valence-corrected chi connectivity index (χ1v) is 6.86. The highest BCUT2D eigenvalue weighted by Crippen LogP contribution is 2.27. The van der Waals surface area contributed by atoms with Gasteiger partial charge in [0.25, 0.3) is 0 Å². The fourth-order valence-electron chi connectivity index (χ4n) is 1.89. The average molecular weight is 283 g/mol. The molecule has 1 fully saturated rings. The van der Waals surface area contributed by atoms with E-state index in [1.54, 1.807) is 0 Å². The number of carboxylic acids is 1.